The van der Waals surface area contributed by atoms with Crippen LogP contribution in [0, 0.1) is 0 Å². The van der Waals surface area contributed by atoms with Gasteiger partial charge in [0.25, 0.3) is 0 Å². The number of ether oxygens (including phenoxy) is 2. The van der Waals surface area contributed by atoms with Gasteiger partial charge < -0.3 is 14.6 Å². The number of nitrogens with zero attached hydrogens (tertiary/aromatic N) is 3. The smallest absolute Gasteiger partial charge is 0.157 e. The van der Waals surface area contributed by atoms with Crippen LogP contribution in [0.2, 0.25) is 0 Å². The minimum absolute atomic E-state index is 0.178. The summed E-state index contributed by atoms with van der Waals surface area (Å²) in [6.45, 7) is 3.00. The molecule has 0 unspecified atom stereocenters. The van der Waals surface area contributed by atoms with Crippen molar-refractivity contribution in [3.8, 4) is 5.75 Å². The summed E-state index contributed by atoms with van der Waals surface area (Å²) in [6.07, 6.45) is 7.05. The van der Waals surface area contributed by atoms with Gasteiger partial charge in [-0.1, -0.05) is 0 Å². The molecule has 0 amide bonds. The van der Waals surface area contributed by atoms with Crippen LogP contribution in [0.4, 0.5) is 0 Å². The molecular weight excluding hydrogens is 258 g/mol. The van der Waals surface area contributed by atoms with E-state index in [9.17, 15) is 5.11 Å². The first-order valence-electron chi connectivity index (χ1n) is 7.38. The van der Waals surface area contributed by atoms with Crippen molar-refractivity contribution in [3.05, 3.63) is 12.4 Å². The maximum absolute atomic E-state index is 10.1. The second-order valence-electron chi connectivity index (χ2n) is 5.76. The Hall–Kier alpha value is -1.11. The Morgan fingerprint density at radius 3 is 2.90 bits per heavy atom. The lowest BCUT2D eigenvalue weighted by molar-refractivity contribution is -0.00631. The van der Waals surface area contributed by atoms with Gasteiger partial charge >= 0.3 is 0 Å². The van der Waals surface area contributed by atoms with Crippen molar-refractivity contribution < 1.29 is 14.6 Å². The summed E-state index contributed by atoms with van der Waals surface area (Å²) in [5.74, 6) is 0.712. The van der Waals surface area contributed by atoms with Crippen LogP contribution in [0.1, 0.15) is 19.3 Å². The van der Waals surface area contributed by atoms with Gasteiger partial charge in [0.05, 0.1) is 25.1 Å². The average Bonchev–Trinajstić information content (AvgIpc) is 2.90. The van der Waals surface area contributed by atoms with Gasteiger partial charge in [-0.2, -0.15) is 5.10 Å². The Balaban J connectivity index is 1.41. The number of aliphatic hydroxyl groups is 1. The van der Waals surface area contributed by atoms with Gasteiger partial charge in [0.1, 0.15) is 12.2 Å². The molecule has 1 aromatic rings. The quantitative estimate of drug-likeness (QED) is 0.818. The van der Waals surface area contributed by atoms with Gasteiger partial charge in [-0.05, 0) is 19.3 Å². The number of likely N-dealkylation sites (tertiary alicyclic amines) is 1. The zero-order valence-corrected chi connectivity index (χ0v) is 11.9. The lowest BCUT2D eigenvalue weighted by Gasteiger charge is -2.26. The van der Waals surface area contributed by atoms with Gasteiger partial charge in [-0.15, -0.1) is 0 Å². The Morgan fingerprint density at radius 1 is 1.40 bits per heavy atom. The highest BCUT2D eigenvalue weighted by Crippen LogP contribution is 2.22. The Morgan fingerprint density at radius 2 is 2.25 bits per heavy atom. The fourth-order valence-electron chi connectivity index (χ4n) is 2.65. The fraction of sp³-hybridized carbons (Fsp3) is 0.786. The number of aryl methyl sites for hydroxylation is 1. The van der Waals surface area contributed by atoms with Crippen molar-refractivity contribution in [1.29, 1.82) is 0 Å². The molecular formula is C14H23N3O3. The zero-order chi connectivity index (χ0) is 13.9. The average molecular weight is 281 g/mol. The van der Waals surface area contributed by atoms with Crippen LogP contribution < -0.4 is 4.74 Å². The van der Waals surface area contributed by atoms with Crippen molar-refractivity contribution >= 4 is 0 Å². The fourth-order valence-corrected chi connectivity index (χ4v) is 2.65. The second-order valence-corrected chi connectivity index (χ2v) is 5.76. The molecule has 1 aromatic heterocycles. The third-order valence-corrected chi connectivity index (χ3v) is 4.09. The Bertz CT molecular complexity index is 433. The maximum atomic E-state index is 10.1. The topological polar surface area (TPSA) is 59.8 Å². The highest BCUT2D eigenvalue weighted by Gasteiger charge is 2.33. The van der Waals surface area contributed by atoms with E-state index in [2.05, 4.69) is 10.00 Å². The first-order chi connectivity index (χ1) is 9.70. The van der Waals surface area contributed by atoms with Gasteiger partial charge in [0.2, 0.25) is 0 Å². The van der Waals surface area contributed by atoms with Crippen LogP contribution in [0.3, 0.4) is 0 Å². The number of β-amino-alcohol motifs (C(OH)–C–C–N with tert-alkyl or cyclic N) is 1. The highest BCUT2D eigenvalue weighted by atomic mass is 16.5. The maximum Gasteiger partial charge on any atom is 0.157 e. The molecule has 0 aromatic carbocycles. The highest BCUT2D eigenvalue weighted by molar-refractivity contribution is 5.12. The van der Waals surface area contributed by atoms with E-state index < -0.39 is 6.10 Å². The summed E-state index contributed by atoms with van der Waals surface area (Å²) in [5.41, 5.74) is 0. The van der Waals surface area contributed by atoms with E-state index in [0.717, 1.165) is 19.7 Å². The number of aliphatic hydroxyl groups excluding tert-OH is 1. The van der Waals surface area contributed by atoms with E-state index in [-0.39, 0.29) is 6.10 Å². The van der Waals surface area contributed by atoms with Crippen molar-refractivity contribution in [2.45, 2.75) is 37.6 Å². The molecule has 6 nitrogen and oxygen atoms in total. The largest absolute Gasteiger partial charge is 0.483 e. The summed E-state index contributed by atoms with van der Waals surface area (Å²) < 4.78 is 13.2. The molecule has 1 saturated carbocycles. The number of rotatable bonds is 6. The molecule has 0 bridgehead atoms. The van der Waals surface area contributed by atoms with E-state index >= 15 is 0 Å². The SMILES string of the molecule is Cn1cc(O[C@@H]2CN(CCOC3CCC3)C[C@H]2O)cn1. The predicted octanol–water partition coefficient (Wildman–Crippen LogP) is 0.413. The molecule has 2 atom stereocenters. The monoisotopic (exact) mass is 281 g/mol. The van der Waals surface area contributed by atoms with Crippen LogP contribution in [0.5, 0.6) is 5.75 Å². The minimum Gasteiger partial charge on any atom is -0.483 e. The normalized spacial score (nSPS) is 27.7. The van der Waals surface area contributed by atoms with Gasteiger partial charge in [-0.3, -0.25) is 9.58 Å². The Kier molecular flexibility index (Phi) is 4.24. The molecule has 20 heavy (non-hydrogen) atoms. The van der Waals surface area contributed by atoms with Gasteiger partial charge in [0.15, 0.2) is 5.75 Å². The number of hydrogen-bond acceptors (Lipinski definition) is 5. The van der Waals surface area contributed by atoms with E-state index in [1.807, 2.05) is 13.2 Å². The molecule has 1 N–H and O–H groups in total. The summed E-state index contributed by atoms with van der Waals surface area (Å²) in [4.78, 5) is 2.20. The van der Waals surface area contributed by atoms with Crippen molar-refractivity contribution in [2.24, 2.45) is 7.05 Å². The second kappa shape index (κ2) is 6.11. The number of aromatic nitrogens is 2. The van der Waals surface area contributed by atoms with Crippen LogP contribution in [-0.2, 0) is 11.8 Å². The Labute approximate surface area is 119 Å². The molecule has 6 heteroatoms. The van der Waals surface area contributed by atoms with E-state index in [4.69, 9.17) is 9.47 Å². The van der Waals surface area contributed by atoms with Crippen molar-refractivity contribution in [3.63, 3.8) is 0 Å². The van der Waals surface area contributed by atoms with Crippen LogP contribution in [-0.4, -0.2) is 64.3 Å². The van der Waals surface area contributed by atoms with Crippen LogP contribution >= 0.6 is 0 Å². The zero-order valence-electron chi connectivity index (χ0n) is 11.9. The van der Waals surface area contributed by atoms with Crippen molar-refractivity contribution in [1.82, 2.24) is 14.7 Å². The molecule has 0 spiro atoms. The molecule has 2 fully saturated rings. The minimum atomic E-state index is -0.445. The van der Waals surface area contributed by atoms with Crippen LogP contribution in [0.15, 0.2) is 12.4 Å². The lowest BCUT2D eigenvalue weighted by Crippen LogP contribution is -2.31. The molecule has 3 rings (SSSR count). The first kappa shape index (κ1) is 13.9. The first-order valence-corrected chi connectivity index (χ1v) is 7.38. The van der Waals surface area contributed by atoms with Crippen LogP contribution in [0.25, 0.3) is 0 Å². The molecule has 2 heterocycles. The molecule has 1 aliphatic carbocycles. The van der Waals surface area contributed by atoms with E-state index in [1.165, 1.54) is 19.3 Å². The third kappa shape index (κ3) is 3.31. The lowest BCUT2D eigenvalue weighted by atomic mass is 9.96. The molecule has 1 aliphatic heterocycles. The van der Waals surface area contributed by atoms with Gasteiger partial charge in [-0.25, -0.2) is 0 Å². The number of hydrogen-bond donors (Lipinski definition) is 1. The molecule has 1 saturated heterocycles. The van der Waals surface area contributed by atoms with E-state index in [1.54, 1.807) is 10.9 Å². The summed E-state index contributed by atoms with van der Waals surface area (Å²) in [7, 11) is 1.85. The van der Waals surface area contributed by atoms with Crippen molar-refractivity contribution in [2.75, 3.05) is 26.2 Å². The molecule has 112 valence electrons. The predicted molar refractivity (Wildman–Crippen MR) is 73.7 cm³/mol. The van der Waals surface area contributed by atoms with Gasteiger partial charge in [0, 0.05) is 26.7 Å². The standard InChI is InChI=1S/C14H23N3O3/c1-16-8-12(7-15-16)20-14-10-17(9-13(14)18)5-6-19-11-3-2-4-11/h7-8,11,13-14,18H,2-6,9-10H2,1H3/t13-,14-/m1/s1. The van der Waals surface area contributed by atoms with E-state index in [0.29, 0.717) is 18.4 Å². The molecule has 2 aliphatic rings. The third-order valence-electron chi connectivity index (χ3n) is 4.09. The summed E-state index contributed by atoms with van der Waals surface area (Å²) in [6, 6.07) is 0. The summed E-state index contributed by atoms with van der Waals surface area (Å²) in [5, 5.41) is 14.1. The summed E-state index contributed by atoms with van der Waals surface area (Å²) >= 11 is 0. The molecule has 0 radical (unpaired) electrons.